The fraction of sp³-hybridized carbons (Fsp3) is 0.176. The van der Waals surface area contributed by atoms with E-state index >= 15 is 0 Å². The molecule has 1 aromatic heterocycles. The van der Waals surface area contributed by atoms with Gasteiger partial charge in [-0.05, 0) is 12.5 Å². The molecule has 0 aliphatic heterocycles. The first-order chi connectivity index (χ1) is 9.74. The van der Waals surface area contributed by atoms with Crippen molar-refractivity contribution in [3.63, 3.8) is 0 Å². The van der Waals surface area contributed by atoms with Gasteiger partial charge in [0, 0.05) is 11.5 Å². The van der Waals surface area contributed by atoms with Crippen LogP contribution in [0.1, 0.15) is 29.8 Å². The number of hydrogen-bond acceptors (Lipinski definition) is 2. The molecule has 3 heteroatoms. The Morgan fingerprint density at radius 2 is 1.65 bits per heavy atom. The summed E-state index contributed by atoms with van der Waals surface area (Å²) in [6.45, 7) is 4.21. The second-order valence-corrected chi connectivity index (χ2v) is 5.04. The monoisotopic (exact) mass is 263 g/mol. The van der Waals surface area contributed by atoms with Gasteiger partial charge in [0.15, 0.2) is 5.82 Å². The summed E-state index contributed by atoms with van der Waals surface area (Å²) in [6.07, 6.45) is 0. The molecule has 1 N–H and O–H groups in total. The minimum atomic E-state index is 0.211. The van der Waals surface area contributed by atoms with Crippen LogP contribution in [0.2, 0.25) is 0 Å². The van der Waals surface area contributed by atoms with Crippen molar-refractivity contribution in [3.05, 3.63) is 71.5 Å². The molecule has 20 heavy (non-hydrogen) atoms. The lowest BCUT2D eigenvalue weighted by atomic mass is 10.0. The quantitative estimate of drug-likeness (QED) is 0.777. The summed E-state index contributed by atoms with van der Waals surface area (Å²) in [5.74, 6) is 1.86. The van der Waals surface area contributed by atoms with Gasteiger partial charge >= 0.3 is 0 Å². The first-order valence-corrected chi connectivity index (χ1v) is 6.78. The third kappa shape index (κ3) is 2.48. The van der Waals surface area contributed by atoms with E-state index in [1.54, 1.807) is 0 Å². The van der Waals surface area contributed by atoms with Crippen LogP contribution in [-0.4, -0.2) is 15.2 Å². The zero-order valence-corrected chi connectivity index (χ0v) is 11.7. The Morgan fingerprint density at radius 1 is 0.950 bits per heavy atom. The highest BCUT2D eigenvalue weighted by Gasteiger charge is 2.13. The lowest BCUT2D eigenvalue weighted by Crippen LogP contribution is -1.98. The zero-order chi connectivity index (χ0) is 13.9. The summed E-state index contributed by atoms with van der Waals surface area (Å²) in [6, 6.07) is 18.6. The second kappa shape index (κ2) is 5.29. The van der Waals surface area contributed by atoms with Gasteiger partial charge in [0.05, 0.1) is 0 Å². The Labute approximate surface area is 118 Å². The Bertz CT molecular complexity index is 684. The van der Waals surface area contributed by atoms with Crippen molar-refractivity contribution in [2.24, 2.45) is 0 Å². The van der Waals surface area contributed by atoms with Crippen LogP contribution in [0, 0.1) is 6.92 Å². The molecule has 0 fully saturated rings. The van der Waals surface area contributed by atoms with Gasteiger partial charge in [0.2, 0.25) is 0 Å². The molecule has 0 spiro atoms. The van der Waals surface area contributed by atoms with Crippen molar-refractivity contribution in [1.29, 1.82) is 0 Å². The maximum Gasteiger partial charge on any atom is 0.181 e. The van der Waals surface area contributed by atoms with Gasteiger partial charge in [0.25, 0.3) is 0 Å². The second-order valence-electron chi connectivity index (χ2n) is 5.04. The van der Waals surface area contributed by atoms with Crippen LogP contribution in [0.5, 0.6) is 0 Å². The maximum atomic E-state index is 4.62. The molecule has 0 radical (unpaired) electrons. The van der Waals surface area contributed by atoms with E-state index in [-0.39, 0.29) is 5.92 Å². The van der Waals surface area contributed by atoms with Crippen LogP contribution < -0.4 is 0 Å². The Hall–Kier alpha value is -2.42. The average molecular weight is 263 g/mol. The summed E-state index contributed by atoms with van der Waals surface area (Å²) in [7, 11) is 0. The molecule has 3 rings (SSSR count). The smallest absolute Gasteiger partial charge is 0.181 e. The molecule has 0 bridgehead atoms. The van der Waals surface area contributed by atoms with Crippen molar-refractivity contribution >= 4 is 0 Å². The third-order valence-corrected chi connectivity index (χ3v) is 3.52. The number of nitrogens with one attached hydrogen (secondary N) is 1. The van der Waals surface area contributed by atoms with Crippen LogP contribution >= 0.6 is 0 Å². The van der Waals surface area contributed by atoms with Gasteiger partial charge in [-0.3, -0.25) is 5.10 Å². The fourth-order valence-electron chi connectivity index (χ4n) is 2.20. The van der Waals surface area contributed by atoms with E-state index in [2.05, 4.69) is 65.4 Å². The number of aromatic amines is 1. The molecule has 0 aliphatic rings. The third-order valence-electron chi connectivity index (χ3n) is 3.52. The van der Waals surface area contributed by atoms with E-state index in [1.807, 2.05) is 18.2 Å². The summed E-state index contributed by atoms with van der Waals surface area (Å²) in [5.41, 5.74) is 3.51. The van der Waals surface area contributed by atoms with Gasteiger partial charge in [-0.15, -0.1) is 0 Å². The van der Waals surface area contributed by atoms with Gasteiger partial charge in [-0.2, -0.15) is 5.10 Å². The highest BCUT2D eigenvalue weighted by atomic mass is 15.2. The molecule has 0 saturated heterocycles. The molecule has 3 aromatic rings. The first kappa shape index (κ1) is 12.6. The van der Waals surface area contributed by atoms with Crippen LogP contribution in [0.15, 0.2) is 54.6 Å². The summed E-state index contributed by atoms with van der Waals surface area (Å²) in [4.78, 5) is 4.62. The lowest BCUT2D eigenvalue weighted by molar-refractivity contribution is 0.823. The molecule has 0 saturated carbocycles. The van der Waals surface area contributed by atoms with E-state index < -0.39 is 0 Å². The number of benzene rings is 2. The van der Waals surface area contributed by atoms with Crippen LogP contribution in [0.4, 0.5) is 0 Å². The Morgan fingerprint density at radius 3 is 2.35 bits per heavy atom. The van der Waals surface area contributed by atoms with Crippen molar-refractivity contribution in [1.82, 2.24) is 15.2 Å². The molecule has 3 nitrogen and oxygen atoms in total. The number of rotatable bonds is 3. The minimum absolute atomic E-state index is 0.211. The number of nitrogens with zero attached hydrogens (tertiary/aromatic N) is 2. The van der Waals surface area contributed by atoms with E-state index in [0.717, 1.165) is 17.2 Å². The summed E-state index contributed by atoms with van der Waals surface area (Å²) < 4.78 is 0. The molecular formula is C17H17N3. The molecule has 2 aromatic carbocycles. The van der Waals surface area contributed by atoms with Crippen molar-refractivity contribution in [2.45, 2.75) is 19.8 Å². The summed E-state index contributed by atoms with van der Waals surface area (Å²) in [5, 5.41) is 7.38. The topological polar surface area (TPSA) is 41.6 Å². The highest BCUT2D eigenvalue weighted by Crippen LogP contribution is 2.23. The van der Waals surface area contributed by atoms with Gasteiger partial charge in [-0.1, -0.05) is 67.1 Å². The highest BCUT2D eigenvalue weighted by molar-refractivity contribution is 5.55. The van der Waals surface area contributed by atoms with Gasteiger partial charge in [-0.25, -0.2) is 4.98 Å². The SMILES string of the molecule is Cc1ccc(-c2n[nH]c(C(C)c3ccccc3)n2)cc1. The Balaban J connectivity index is 1.89. The van der Waals surface area contributed by atoms with E-state index in [9.17, 15) is 0 Å². The summed E-state index contributed by atoms with van der Waals surface area (Å²) >= 11 is 0. The number of hydrogen-bond donors (Lipinski definition) is 1. The molecule has 1 unspecified atom stereocenters. The Kier molecular flexibility index (Phi) is 3.33. The molecule has 0 aliphatic carbocycles. The molecule has 100 valence electrons. The zero-order valence-electron chi connectivity index (χ0n) is 11.7. The number of aryl methyl sites for hydroxylation is 1. The van der Waals surface area contributed by atoms with Crippen molar-refractivity contribution in [3.8, 4) is 11.4 Å². The molecule has 1 heterocycles. The minimum Gasteiger partial charge on any atom is -0.262 e. The van der Waals surface area contributed by atoms with Crippen LogP contribution in [0.25, 0.3) is 11.4 Å². The predicted molar refractivity (Wildman–Crippen MR) is 80.5 cm³/mol. The standard InChI is InChI=1S/C17H17N3/c1-12-8-10-15(11-9-12)17-18-16(19-20-17)13(2)14-6-4-3-5-7-14/h3-11,13H,1-2H3,(H,18,19,20). The molecule has 0 amide bonds. The van der Waals surface area contributed by atoms with Crippen LogP contribution in [-0.2, 0) is 0 Å². The lowest BCUT2D eigenvalue weighted by Gasteiger charge is -2.07. The van der Waals surface area contributed by atoms with Gasteiger partial charge < -0.3 is 0 Å². The number of H-pyrrole nitrogens is 1. The predicted octanol–water partition coefficient (Wildman–Crippen LogP) is 3.93. The average Bonchev–Trinajstić information content (AvgIpc) is 2.98. The van der Waals surface area contributed by atoms with E-state index in [0.29, 0.717) is 0 Å². The maximum absolute atomic E-state index is 4.62. The van der Waals surface area contributed by atoms with Gasteiger partial charge in [0.1, 0.15) is 5.82 Å². The van der Waals surface area contributed by atoms with Crippen molar-refractivity contribution < 1.29 is 0 Å². The largest absolute Gasteiger partial charge is 0.262 e. The van der Waals surface area contributed by atoms with Crippen LogP contribution in [0.3, 0.4) is 0 Å². The molecule has 1 atom stereocenters. The van der Waals surface area contributed by atoms with E-state index in [4.69, 9.17) is 0 Å². The number of aromatic nitrogens is 3. The normalized spacial score (nSPS) is 12.3. The first-order valence-electron chi connectivity index (χ1n) is 6.78. The van der Waals surface area contributed by atoms with Crippen molar-refractivity contribution in [2.75, 3.05) is 0 Å². The fourth-order valence-corrected chi connectivity index (χ4v) is 2.20. The van der Waals surface area contributed by atoms with E-state index in [1.165, 1.54) is 11.1 Å². The molecular weight excluding hydrogens is 246 g/mol.